The van der Waals surface area contributed by atoms with Crippen LogP contribution in [-0.4, -0.2) is 17.8 Å². The Kier molecular flexibility index (Phi) is 6.49. The Hall–Kier alpha value is -0.0900. The van der Waals surface area contributed by atoms with Gasteiger partial charge in [0.05, 0.1) is 10.4 Å². The smallest absolute Gasteiger partial charge is 0.0931 e. The van der Waals surface area contributed by atoms with Crippen LogP contribution in [-0.2, 0) is 0 Å². The summed E-state index contributed by atoms with van der Waals surface area (Å²) in [5.74, 6) is 0.390. The minimum absolute atomic E-state index is 0.239. The first kappa shape index (κ1) is 15.0. The zero-order valence-corrected chi connectivity index (χ0v) is 12.3. The van der Waals surface area contributed by atoms with Gasteiger partial charge in [0.2, 0.25) is 0 Å². The SMILES string of the molecule is CCC(CC)C(O)CNC(C)c1csc(Cl)c1. The predicted octanol–water partition coefficient (Wildman–Crippen LogP) is 3.85. The molecule has 4 heteroatoms. The minimum Gasteiger partial charge on any atom is -0.392 e. The molecule has 2 unspecified atom stereocenters. The Balaban J connectivity index is 2.40. The molecule has 1 heterocycles. The molecule has 2 atom stereocenters. The van der Waals surface area contributed by atoms with Gasteiger partial charge in [0.15, 0.2) is 0 Å². The molecule has 0 aliphatic rings. The van der Waals surface area contributed by atoms with E-state index in [4.69, 9.17) is 11.6 Å². The lowest BCUT2D eigenvalue weighted by Crippen LogP contribution is -2.33. The van der Waals surface area contributed by atoms with Gasteiger partial charge in [-0.3, -0.25) is 0 Å². The highest BCUT2D eigenvalue weighted by atomic mass is 35.5. The van der Waals surface area contributed by atoms with Gasteiger partial charge in [0.1, 0.15) is 0 Å². The maximum Gasteiger partial charge on any atom is 0.0931 e. The summed E-state index contributed by atoms with van der Waals surface area (Å²) in [5, 5.41) is 15.4. The standard InChI is InChI=1S/C13H22ClNOS/c1-4-10(5-2)12(16)7-15-9(3)11-6-13(14)17-8-11/h6,8-10,12,15-16H,4-5,7H2,1-3H3. The third-order valence-electron chi connectivity index (χ3n) is 3.31. The summed E-state index contributed by atoms with van der Waals surface area (Å²) in [6.45, 7) is 6.98. The van der Waals surface area contributed by atoms with Crippen LogP contribution in [0.4, 0.5) is 0 Å². The van der Waals surface area contributed by atoms with Gasteiger partial charge in [-0.15, -0.1) is 11.3 Å². The molecule has 0 bridgehead atoms. The van der Waals surface area contributed by atoms with Gasteiger partial charge in [0.25, 0.3) is 0 Å². The van der Waals surface area contributed by atoms with Crippen molar-refractivity contribution in [3.63, 3.8) is 0 Å². The minimum atomic E-state index is -0.262. The van der Waals surface area contributed by atoms with E-state index in [0.717, 1.165) is 17.2 Å². The summed E-state index contributed by atoms with van der Waals surface area (Å²) < 4.78 is 0.814. The normalized spacial score (nSPS) is 15.2. The molecule has 2 nitrogen and oxygen atoms in total. The van der Waals surface area contributed by atoms with Gasteiger partial charge in [-0.2, -0.15) is 0 Å². The van der Waals surface area contributed by atoms with Crippen molar-refractivity contribution in [1.29, 1.82) is 0 Å². The average molecular weight is 276 g/mol. The Morgan fingerprint density at radius 2 is 2.06 bits per heavy atom. The Bertz CT molecular complexity index is 325. The molecule has 0 saturated carbocycles. The Labute approximate surface area is 113 Å². The molecule has 0 spiro atoms. The fourth-order valence-corrected chi connectivity index (χ4v) is 2.95. The monoisotopic (exact) mass is 275 g/mol. The predicted molar refractivity (Wildman–Crippen MR) is 75.8 cm³/mol. The fraction of sp³-hybridized carbons (Fsp3) is 0.692. The van der Waals surface area contributed by atoms with E-state index < -0.39 is 0 Å². The highest BCUT2D eigenvalue weighted by Crippen LogP contribution is 2.24. The number of thiophene rings is 1. The number of hydrogen-bond acceptors (Lipinski definition) is 3. The van der Waals surface area contributed by atoms with Crippen molar-refractivity contribution in [3.8, 4) is 0 Å². The summed E-state index contributed by atoms with van der Waals surface area (Å²) in [5.41, 5.74) is 1.19. The molecule has 1 aromatic heterocycles. The number of hydrogen-bond donors (Lipinski definition) is 2. The molecular formula is C13H22ClNOS. The second-order valence-corrected chi connectivity index (χ2v) is 6.00. The average Bonchev–Trinajstić information content (AvgIpc) is 2.74. The van der Waals surface area contributed by atoms with Gasteiger partial charge in [-0.05, 0) is 29.9 Å². The van der Waals surface area contributed by atoms with Crippen LogP contribution in [0, 0.1) is 5.92 Å². The van der Waals surface area contributed by atoms with E-state index in [-0.39, 0.29) is 12.1 Å². The molecule has 0 radical (unpaired) electrons. The van der Waals surface area contributed by atoms with Crippen LogP contribution in [0.3, 0.4) is 0 Å². The number of halogens is 1. The van der Waals surface area contributed by atoms with Crippen LogP contribution in [0.1, 0.15) is 45.2 Å². The summed E-state index contributed by atoms with van der Waals surface area (Å²) in [6.07, 6.45) is 1.79. The van der Waals surface area contributed by atoms with Crippen LogP contribution in [0.15, 0.2) is 11.4 Å². The van der Waals surface area contributed by atoms with Crippen molar-refractivity contribution in [2.24, 2.45) is 5.92 Å². The molecule has 0 aliphatic heterocycles. The lowest BCUT2D eigenvalue weighted by Gasteiger charge is -2.22. The zero-order valence-electron chi connectivity index (χ0n) is 10.7. The van der Waals surface area contributed by atoms with Crippen molar-refractivity contribution in [1.82, 2.24) is 5.32 Å². The van der Waals surface area contributed by atoms with E-state index in [0.29, 0.717) is 12.5 Å². The highest BCUT2D eigenvalue weighted by molar-refractivity contribution is 7.14. The third-order valence-corrected chi connectivity index (χ3v) is 4.42. The zero-order chi connectivity index (χ0) is 12.8. The van der Waals surface area contributed by atoms with Crippen molar-refractivity contribution in [2.45, 2.75) is 45.8 Å². The molecule has 2 N–H and O–H groups in total. The van der Waals surface area contributed by atoms with E-state index in [2.05, 4.69) is 31.5 Å². The van der Waals surface area contributed by atoms with Gasteiger partial charge in [-0.1, -0.05) is 38.3 Å². The molecule has 0 fully saturated rings. The molecule has 0 aliphatic carbocycles. The first-order valence-electron chi connectivity index (χ1n) is 6.23. The van der Waals surface area contributed by atoms with Gasteiger partial charge < -0.3 is 10.4 Å². The van der Waals surface area contributed by atoms with Crippen LogP contribution < -0.4 is 5.32 Å². The largest absolute Gasteiger partial charge is 0.392 e. The van der Waals surface area contributed by atoms with E-state index in [1.165, 1.54) is 5.56 Å². The molecule has 98 valence electrons. The first-order valence-corrected chi connectivity index (χ1v) is 7.49. The second-order valence-electron chi connectivity index (χ2n) is 4.46. The van der Waals surface area contributed by atoms with Crippen molar-refractivity contribution < 1.29 is 5.11 Å². The van der Waals surface area contributed by atoms with Crippen molar-refractivity contribution >= 4 is 22.9 Å². The topological polar surface area (TPSA) is 32.3 Å². The summed E-state index contributed by atoms with van der Waals surface area (Å²) in [7, 11) is 0. The lowest BCUT2D eigenvalue weighted by molar-refractivity contribution is 0.0989. The summed E-state index contributed by atoms with van der Waals surface area (Å²) in [4.78, 5) is 0. The number of aliphatic hydroxyl groups is 1. The van der Waals surface area contributed by atoms with E-state index in [1.807, 2.05) is 6.07 Å². The molecule has 1 rings (SSSR count). The second kappa shape index (κ2) is 7.37. The van der Waals surface area contributed by atoms with Crippen LogP contribution in [0.2, 0.25) is 4.34 Å². The van der Waals surface area contributed by atoms with Gasteiger partial charge >= 0.3 is 0 Å². The molecule has 1 aromatic rings. The number of nitrogens with one attached hydrogen (secondary N) is 1. The number of aliphatic hydroxyl groups excluding tert-OH is 1. The lowest BCUT2D eigenvalue weighted by atomic mass is 9.96. The molecule has 0 saturated heterocycles. The van der Waals surface area contributed by atoms with E-state index >= 15 is 0 Å². The van der Waals surface area contributed by atoms with Crippen molar-refractivity contribution in [2.75, 3.05) is 6.54 Å². The first-order chi connectivity index (χ1) is 8.08. The van der Waals surface area contributed by atoms with Gasteiger partial charge in [-0.25, -0.2) is 0 Å². The molecule has 0 amide bonds. The number of rotatable bonds is 7. The van der Waals surface area contributed by atoms with Crippen LogP contribution in [0.25, 0.3) is 0 Å². The Morgan fingerprint density at radius 3 is 2.53 bits per heavy atom. The molecule has 17 heavy (non-hydrogen) atoms. The van der Waals surface area contributed by atoms with Crippen LogP contribution >= 0.6 is 22.9 Å². The van der Waals surface area contributed by atoms with Crippen LogP contribution in [0.5, 0.6) is 0 Å². The highest BCUT2D eigenvalue weighted by Gasteiger charge is 2.16. The van der Waals surface area contributed by atoms with Crippen molar-refractivity contribution in [3.05, 3.63) is 21.3 Å². The molecule has 0 aromatic carbocycles. The summed E-state index contributed by atoms with van der Waals surface area (Å²) >= 11 is 7.45. The fourth-order valence-electron chi connectivity index (χ4n) is 1.97. The Morgan fingerprint density at radius 1 is 1.41 bits per heavy atom. The molecular weight excluding hydrogens is 254 g/mol. The maximum atomic E-state index is 10.0. The van der Waals surface area contributed by atoms with E-state index in [9.17, 15) is 5.11 Å². The summed E-state index contributed by atoms with van der Waals surface area (Å²) in [6, 6.07) is 2.22. The van der Waals surface area contributed by atoms with E-state index in [1.54, 1.807) is 11.3 Å². The quantitative estimate of drug-likeness (QED) is 0.792. The maximum absolute atomic E-state index is 10.0. The third kappa shape index (κ3) is 4.59. The van der Waals surface area contributed by atoms with Gasteiger partial charge in [0, 0.05) is 12.6 Å².